The number of hydrogen-bond donors (Lipinski definition) is 0. The fraction of sp³-hybridized carbons (Fsp3) is 0.769. The second-order valence-corrected chi connectivity index (χ2v) is 13.0. The van der Waals surface area contributed by atoms with Gasteiger partial charge in [0.25, 0.3) is 10.1 Å². The summed E-state index contributed by atoms with van der Waals surface area (Å²) in [4.78, 5) is 52.2. The molecule has 0 aromatic heterocycles. The second-order valence-electron chi connectivity index (χ2n) is 11.4. The van der Waals surface area contributed by atoms with E-state index in [9.17, 15) is 27.6 Å². The maximum Gasteiger partial charge on any atom is 0.509 e. The largest absolute Gasteiger partial charge is 0.509 e. The molecule has 0 amide bonds. The van der Waals surface area contributed by atoms with Crippen molar-refractivity contribution in [3.63, 3.8) is 0 Å². The average Bonchev–Trinajstić information content (AvgIpc) is 3.08. The smallest absolute Gasteiger partial charge is 0.434 e. The molecule has 0 heterocycles. The van der Waals surface area contributed by atoms with Crippen molar-refractivity contribution in [2.45, 2.75) is 77.7 Å². The normalized spacial score (nSPS) is 37.9. The molecule has 3 fully saturated rings. The van der Waals surface area contributed by atoms with Gasteiger partial charge in [0.1, 0.15) is 12.4 Å². The van der Waals surface area contributed by atoms with Crippen LogP contribution in [0.5, 0.6) is 0 Å². The van der Waals surface area contributed by atoms with Crippen molar-refractivity contribution in [3.05, 3.63) is 11.6 Å². The zero-order valence-electron chi connectivity index (χ0n) is 21.5. The lowest BCUT2D eigenvalue weighted by Gasteiger charge is -2.57. The zero-order valence-corrected chi connectivity index (χ0v) is 22.3. The van der Waals surface area contributed by atoms with Crippen LogP contribution in [-0.4, -0.2) is 57.0 Å². The van der Waals surface area contributed by atoms with Crippen LogP contribution in [-0.2, 0) is 38.2 Å². The van der Waals surface area contributed by atoms with Crippen LogP contribution in [0.3, 0.4) is 0 Å². The van der Waals surface area contributed by atoms with Gasteiger partial charge < -0.3 is 9.47 Å². The standard InChI is InChI=1S/C26H36O9S/c1-5-12-33-23(30)35-26(21(29)15-34-36(4,31)32)11-9-19-18-7-6-16-13-17(27)8-10-24(16,2)22(18)20(28)14-25(19,26)3/h13,18-19,22H,5-12,14-15H2,1-4H3/t18-,19-,22+,24-,25-,26-/m0/s1. The number of ether oxygens (including phenoxy) is 2. The summed E-state index contributed by atoms with van der Waals surface area (Å²) in [7, 11) is -3.92. The number of rotatable bonds is 7. The van der Waals surface area contributed by atoms with E-state index in [0.717, 1.165) is 11.8 Å². The van der Waals surface area contributed by atoms with Crippen molar-refractivity contribution in [1.82, 2.24) is 0 Å². The quantitative estimate of drug-likeness (QED) is 0.362. The molecule has 0 aliphatic heterocycles. The molecule has 4 aliphatic rings. The van der Waals surface area contributed by atoms with Gasteiger partial charge in [-0.05, 0) is 61.9 Å². The lowest BCUT2D eigenvalue weighted by molar-refractivity contribution is -0.174. The number of Topliss-reactive ketones (excluding diaryl/α,β-unsaturated/α-hetero) is 2. The van der Waals surface area contributed by atoms with E-state index in [2.05, 4.69) is 6.92 Å². The first-order chi connectivity index (χ1) is 16.8. The number of allylic oxidation sites excluding steroid dienone is 1. The molecule has 0 N–H and O–H groups in total. The molecule has 200 valence electrons. The Morgan fingerprint density at radius 1 is 1.11 bits per heavy atom. The van der Waals surface area contributed by atoms with E-state index in [1.54, 1.807) is 6.08 Å². The Labute approximate surface area is 212 Å². The molecule has 0 bridgehead atoms. The van der Waals surface area contributed by atoms with E-state index in [0.29, 0.717) is 38.5 Å². The first-order valence-electron chi connectivity index (χ1n) is 12.8. The summed E-state index contributed by atoms with van der Waals surface area (Å²) in [6.07, 6.45) is 5.30. The van der Waals surface area contributed by atoms with Crippen LogP contribution in [0.15, 0.2) is 11.6 Å². The van der Waals surface area contributed by atoms with E-state index in [4.69, 9.17) is 13.7 Å². The fourth-order valence-electron chi connectivity index (χ4n) is 7.69. The maximum absolute atomic E-state index is 13.9. The van der Waals surface area contributed by atoms with Crippen molar-refractivity contribution in [1.29, 1.82) is 0 Å². The molecule has 4 aliphatic carbocycles. The minimum Gasteiger partial charge on any atom is -0.434 e. The SMILES string of the molecule is CCCOC(=O)O[C@]1(C(=O)COS(C)(=O)=O)CC[C@H]2[C@@H]3CCC4=CC(=O)CC[C@]4(C)[C@H]3C(=O)C[C@@]21C. The Morgan fingerprint density at radius 3 is 2.50 bits per heavy atom. The molecule has 10 heteroatoms. The monoisotopic (exact) mass is 524 g/mol. The van der Waals surface area contributed by atoms with Gasteiger partial charge in [0.2, 0.25) is 5.78 Å². The predicted octanol–water partition coefficient (Wildman–Crippen LogP) is 3.54. The summed E-state index contributed by atoms with van der Waals surface area (Å²) in [5.41, 5.74) is -2.12. The van der Waals surface area contributed by atoms with Gasteiger partial charge in [0.05, 0.1) is 12.9 Å². The molecular formula is C26H36O9S. The lowest BCUT2D eigenvalue weighted by atomic mass is 9.46. The molecule has 6 atom stereocenters. The van der Waals surface area contributed by atoms with Gasteiger partial charge in [0.15, 0.2) is 11.4 Å². The topological polar surface area (TPSA) is 130 Å². The Morgan fingerprint density at radius 2 is 1.83 bits per heavy atom. The van der Waals surface area contributed by atoms with Crippen LogP contribution in [0.4, 0.5) is 4.79 Å². The van der Waals surface area contributed by atoms with Gasteiger partial charge in [0, 0.05) is 24.2 Å². The summed E-state index contributed by atoms with van der Waals surface area (Å²) in [5.74, 6) is -0.985. The van der Waals surface area contributed by atoms with Gasteiger partial charge >= 0.3 is 6.16 Å². The highest BCUT2D eigenvalue weighted by molar-refractivity contribution is 7.86. The summed E-state index contributed by atoms with van der Waals surface area (Å²) < 4.78 is 39.0. The Hall–Kier alpha value is -2.07. The summed E-state index contributed by atoms with van der Waals surface area (Å²) >= 11 is 0. The summed E-state index contributed by atoms with van der Waals surface area (Å²) in [6, 6.07) is 0. The van der Waals surface area contributed by atoms with Gasteiger partial charge in [-0.25, -0.2) is 4.79 Å². The molecule has 0 spiro atoms. The molecule has 9 nitrogen and oxygen atoms in total. The first kappa shape index (κ1) is 27.0. The number of hydrogen-bond acceptors (Lipinski definition) is 9. The van der Waals surface area contributed by atoms with Gasteiger partial charge in [-0.15, -0.1) is 0 Å². The molecule has 4 rings (SSSR count). The van der Waals surface area contributed by atoms with Crippen LogP contribution >= 0.6 is 0 Å². The van der Waals surface area contributed by atoms with E-state index in [1.165, 1.54) is 0 Å². The molecular weight excluding hydrogens is 488 g/mol. The molecule has 0 radical (unpaired) electrons. The van der Waals surface area contributed by atoms with Crippen molar-refractivity contribution in [2.24, 2.45) is 28.6 Å². The Bertz CT molecular complexity index is 1110. The summed E-state index contributed by atoms with van der Waals surface area (Å²) in [5, 5.41) is 0. The number of carbonyl (C=O) groups excluding carboxylic acids is 4. The Kier molecular flexibility index (Phi) is 7.00. The van der Waals surface area contributed by atoms with E-state index in [1.807, 2.05) is 13.8 Å². The van der Waals surface area contributed by atoms with Crippen LogP contribution < -0.4 is 0 Å². The van der Waals surface area contributed by atoms with Crippen molar-refractivity contribution < 1.29 is 41.3 Å². The second kappa shape index (κ2) is 9.35. The lowest BCUT2D eigenvalue weighted by Crippen LogP contribution is -2.62. The van der Waals surface area contributed by atoms with Crippen molar-refractivity contribution >= 4 is 33.6 Å². The van der Waals surface area contributed by atoms with Crippen LogP contribution in [0, 0.1) is 28.6 Å². The third-order valence-electron chi connectivity index (χ3n) is 9.31. The molecule has 3 saturated carbocycles. The minimum absolute atomic E-state index is 0.00479. The van der Waals surface area contributed by atoms with Crippen LogP contribution in [0.1, 0.15) is 72.1 Å². The van der Waals surface area contributed by atoms with Gasteiger partial charge in [-0.1, -0.05) is 26.3 Å². The molecule has 36 heavy (non-hydrogen) atoms. The number of carbonyl (C=O) groups is 4. The van der Waals surface area contributed by atoms with E-state index < -0.39 is 45.1 Å². The predicted molar refractivity (Wildman–Crippen MR) is 128 cm³/mol. The molecule has 0 saturated heterocycles. The number of ketones is 3. The number of fused-ring (bicyclic) bond motifs is 5. The molecule has 0 aromatic rings. The van der Waals surface area contributed by atoms with E-state index in [-0.39, 0.29) is 48.8 Å². The Balaban J connectivity index is 1.71. The molecule has 0 unspecified atom stereocenters. The maximum atomic E-state index is 13.9. The van der Waals surface area contributed by atoms with Crippen molar-refractivity contribution in [2.75, 3.05) is 19.5 Å². The van der Waals surface area contributed by atoms with E-state index >= 15 is 0 Å². The van der Waals surface area contributed by atoms with Crippen molar-refractivity contribution in [3.8, 4) is 0 Å². The first-order valence-corrected chi connectivity index (χ1v) is 14.6. The highest BCUT2D eigenvalue weighted by atomic mass is 32.2. The average molecular weight is 525 g/mol. The van der Waals surface area contributed by atoms with Gasteiger partial charge in [-0.3, -0.25) is 18.6 Å². The third-order valence-corrected chi connectivity index (χ3v) is 9.86. The highest BCUT2D eigenvalue weighted by Crippen LogP contribution is 2.67. The third kappa shape index (κ3) is 4.34. The van der Waals surface area contributed by atoms with Crippen LogP contribution in [0.25, 0.3) is 0 Å². The minimum atomic E-state index is -3.92. The summed E-state index contributed by atoms with van der Waals surface area (Å²) in [6.45, 7) is 5.04. The highest BCUT2D eigenvalue weighted by Gasteiger charge is 2.71. The fourth-order valence-corrected chi connectivity index (χ4v) is 8.01. The molecule has 0 aromatic carbocycles. The van der Waals surface area contributed by atoms with Gasteiger partial charge in [-0.2, -0.15) is 8.42 Å². The van der Waals surface area contributed by atoms with Crippen LogP contribution in [0.2, 0.25) is 0 Å². The zero-order chi connectivity index (χ0) is 26.5.